The van der Waals surface area contributed by atoms with Crippen molar-refractivity contribution in [2.75, 3.05) is 6.54 Å². The van der Waals surface area contributed by atoms with Crippen molar-refractivity contribution >= 4 is 16.0 Å². The minimum atomic E-state index is -3.47. The number of rotatable bonds is 5. The number of carbonyl (C=O) groups is 1. The standard InChI is InChI=1S/C11H11NO4S/c1-2-7-12-17(15,16)8-9-3-5-10(6-4-9)11(13)14/h1,3-6,12H,7-8H2,(H,13,14). The van der Waals surface area contributed by atoms with Gasteiger partial charge >= 0.3 is 5.97 Å². The second-order valence-electron chi connectivity index (χ2n) is 3.29. The Labute approximate surface area is 99.5 Å². The number of terminal acetylenes is 1. The highest BCUT2D eigenvalue weighted by atomic mass is 32.2. The van der Waals surface area contributed by atoms with Crippen LogP contribution in [-0.2, 0) is 15.8 Å². The molecule has 0 heterocycles. The average molecular weight is 253 g/mol. The van der Waals surface area contributed by atoms with Crippen LogP contribution in [0.15, 0.2) is 24.3 Å². The summed E-state index contributed by atoms with van der Waals surface area (Å²) in [4.78, 5) is 10.6. The number of carboxylic acid groups (broad SMARTS) is 1. The minimum absolute atomic E-state index is 0.0600. The summed E-state index contributed by atoms with van der Waals surface area (Å²) in [7, 11) is -3.47. The molecule has 5 nitrogen and oxygen atoms in total. The van der Waals surface area contributed by atoms with E-state index in [1.54, 1.807) is 0 Å². The molecule has 17 heavy (non-hydrogen) atoms. The van der Waals surface area contributed by atoms with Gasteiger partial charge in [0.15, 0.2) is 0 Å². The van der Waals surface area contributed by atoms with Crippen molar-refractivity contribution in [3.05, 3.63) is 35.4 Å². The van der Waals surface area contributed by atoms with Crippen LogP contribution in [0.1, 0.15) is 15.9 Å². The summed E-state index contributed by atoms with van der Waals surface area (Å²) in [5.41, 5.74) is 0.613. The van der Waals surface area contributed by atoms with Gasteiger partial charge in [0.1, 0.15) is 0 Å². The number of aromatic carboxylic acids is 1. The summed E-state index contributed by atoms with van der Waals surface area (Å²) < 4.78 is 25.1. The highest BCUT2D eigenvalue weighted by Crippen LogP contribution is 2.07. The van der Waals surface area contributed by atoms with Crippen molar-refractivity contribution in [2.45, 2.75) is 5.75 Å². The topological polar surface area (TPSA) is 83.5 Å². The average Bonchev–Trinajstić information content (AvgIpc) is 2.26. The van der Waals surface area contributed by atoms with Crippen LogP contribution in [0, 0.1) is 12.3 Å². The van der Waals surface area contributed by atoms with Gasteiger partial charge in [-0.05, 0) is 17.7 Å². The van der Waals surface area contributed by atoms with E-state index in [-0.39, 0.29) is 17.9 Å². The zero-order valence-electron chi connectivity index (χ0n) is 8.88. The summed E-state index contributed by atoms with van der Waals surface area (Å²) in [5, 5.41) is 8.67. The van der Waals surface area contributed by atoms with Gasteiger partial charge in [-0.25, -0.2) is 17.9 Å². The molecule has 0 unspecified atom stereocenters. The zero-order chi connectivity index (χ0) is 12.9. The Balaban J connectivity index is 2.76. The minimum Gasteiger partial charge on any atom is -0.478 e. The lowest BCUT2D eigenvalue weighted by Crippen LogP contribution is -2.25. The second kappa shape index (κ2) is 5.48. The van der Waals surface area contributed by atoms with E-state index in [1.807, 2.05) is 0 Å². The first kappa shape index (κ1) is 13.2. The number of hydrogen-bond donors (Lipinski definition) is 2. The van der Waals surface area contributed by atoms with E-state index >= 15 is 0 Å². The third kappa shape index (κ3) is 4.26. The Morgan fingerprint density at radius 2 is 1.94 bits per heavy atom. The number of benzene rings is 1. The Morgan fingerprint density at radius 3 is 2.41 bits per heavy atom. The highest BCUT2D eigenvalue weighted by molar-refractivity contribution is 7.88. The maximum Gasteiger partial charge on any atom is 0.335 e. The molecule has 0 aliphatic heterocycles. The molecule has 0 fully saturated rings. The molecule has 0 aliphatic rings. The molecule has 2 N–H and O–H groups in total. The van der Waals surface area contributed by atoms with Crippen LogP contribution in [0.25, 0.3) is 0 Å². The van der Waals surface area contributed by atoms with Crippen LogP contribution < -0.4 is 4.72 Å². The lowest BCUT2D eigenvalue weighted by molar-refractivity contribution is 0.0697. The summed E-state index contributed by atoms with van der Waals surface area (Å²) in [6.07, 6.45) is 4.94. The van der Waals surface area contributed by atoms with Crippen molar-refractivity contribution in [1.82, 2.24) is 4.72 Å². The fraction of sp³-hybridized carbons (Fsp3) is 0.182. The lowest BCUT2D eigenvalue weighted by Gasteiger charge is -2.04. The number of sulfonamides is 1. The van der Waals surface area contributed by atoms with Crippen molar-refractivity contribution in [2.24, 2.45) is 0 Å². The first-order chi connectivity index (χ1) is 7.94. The monoisotopic (exact) mass is 253 g/mol. The van der Waals surface area contributed by atoms with Crippen molar-refractivity contribution in [1.29, 1.82) is 0 Å². The maximum absolute atomic E-state index is 11.5. The molecule has 0 aliphatic carbocycles. The third-order valence-corrected chi connectivity index (χ3v) is 3.25. The lowest BCUT2D eigenvalue weighted by atomic mass is 10.1. The summed E-state index contributed by atoms with van der Waals surface area (Å²) in [6, 6.07) is 5.62. The predicted molar refractivity (Wildman–Crippen MR) is 62.9 cm³/mol. The van der Waals surface area contributed by atoms with Gasteiger partial charge in [-0.2, -0.15) is 0 Å². The van der Waals surface area contributed by atoms with E-state index in [9.17, 15) is 13.2 Å². The van der Waals surface area contributed by atoms with E-state index in [0.717, 1.165) is 0 Å². The number of nitrogens with one attached hydrogen (secondary N) is 1. The molecule has 0 saturated carbocycles. The molecule has 0 bridgehead atoms. The van der Waals surface area contributed by atoms with Gasteiger partial charge < -0.3 is 5.11 Å². The molecular weight excluding hydrogens is 242 g/mol. The molecule has 0 radical (unpaired) electrons. The SMILES string of the molecule is C#CCNS(=O)(=O)Cc1ccc(C(=O)O)cc1. The van der Waals surface area contributed by atoms with Crippen LogP contribution in [0.5, 0.6) is 0 Å². The molecule has 1 aromatic rings. The van der Waals surface area contributed by atoms with Crippen molar-refractivity contribution in [3.63, 3.8) is 0 Å². The summed E-state index contributed by atoms with van der Waals surface area (Å²) >= 11 is 0. The zero-order valence-corrected chi connectivity index (χ0v) is 9.70. The van der Waals surface area contributed by atoms with Gasteiger partial charge in [-0.15, -0.1) is 6.42 Å². The van der Waals surface area contributed by atoms with Gasteiger partial charge in [0.2, 0.25) is 10.0 Å². The smallest absolute Gasteiger partial charge is 0.335 e. The molecule has 0 spiro atoms. The number of carboxylic acids is 1. The highest BCUT2D eigenvalue weighted by Gasteiger charge is 2.10. The molecular formula is C11H11NO4S. The Kier molecular flexibility index (Phi) is 4.26. The van der Waals surface area contributed by atoms with Crippen molar-refractivity contribution in [3.8, 4) is 12.3 Å². The molecule has 1 aromatic carbocycles. The third-order valence-electron chi connectivity index (χ3n) is 1.95. The Bertz CT molecular complexity index is 540. The van der Waals surface area contributed by atoms with E-state index in [1.165, 1.54) is 24.3 Å². The van der Waals surface area contributed by atoms with Gasteiger partial charge in [0.05, 0.1) is 17.9 Å². The Morgan fingerprint density at radius 1 is 1.35 bits per heavy atom. The maximum atomic E-state index is 11.5. The Hall–Kier alpha value is -1.84. The fourth-order valence-corrected chi connectivity index (χ4v) is 2.20. The van der Waals surface area contributed by atoms with Crippen LogP contribution in [0.3, 0.4) is 0 Å². The second-order valence-corrected chi connectivity index (χ2v) is 5.09. The van der Waals surface area contributed by atoms with Crippen molar-refractivity contribution < 1.29 is 18.3 Å². The normalized spacial score (nSPS) is 10.8. The largest absolute Gasteiger partial charge is 0.478 e. The van der Waals surface area contributed by atoms with Gasteiger partial charge in [0.25, 0.3) is 0 Å². The number of hydrogen-bond acceptors (Lipinski definition) is 3. The first-order valence-electron chi connectivity index (χ1n) is 4.67. The van der Waals surface area contributed by atoms with E-state index in [0.29, 0.717) is 5.56 Å². The van der Waals surface area contributed by atoms with E-state index in [4.69, 9.17) is 11.5 Å². The summed E-state index contributed by atoms with van der Waals surface area (Å²) in [5.74, 6) is 0.887. The van der Waals surface area contributed by atoms with Gasteiger partial charge in [0, 0.05) is 0 Å². The molecule has 6 heteroatoms. The molecule has 0 atom stereocenters. The molecule has 1 rings (SSSR count). The first-order valence-corrected chi connectivity index (χ1v) is 6.33. The fourth-order valence-electron chi connectivity index (χ4n) is 1.17. The quantitative estimate of drug-likeness (QED) is 0.746. The van der Waals surface area contributed by atoms with Crippen LogP contribution in [0.2, 0.25) is 0 Å². The molecule has 90 valence electrons. The van der Waals surface area contributed by atoms with Gasteiger partial charge in [-0.1, -0.05) is 18.1 Å². The summed E-state index contributed by atoms with van der Waals surface area (Å²) in [6.45, 7) is -0.0600. The molecule has 0 aromatic heterocycles. The predicted octanol–water partition coefficient (Wildman–Crippen LogP) is 0.437. The van der Waals surface area contributed by atoms with E-state index < -0.39 is 16.0 Å². The van der Waals surface area contributed by atoms with Crippen LogP contribution in [0.4, 0.5) is 0 Å². The van der Waals surface area contributed by atoms with Crippen LogP contribution >= 0.6 is 0 Å². The van der Waals surface area contributed by atoms with Gasteiger partial charge in [-0.3, -0.25) is 0 Å². The molecule has 0 amide bonds. The molecule has 0 saturated heterocycles. The van der Waals surface area contributed by atoms with Crippen LogP contribution in [-0.4, -0.2) is 26.0 Å². The van der Waals surface area contributed by atoms with E-state index in [2.05, 4.69) is 10.6 Å².